The molecule has 28 heavy (non-hydrogen) atoms. The third-order valence-corrected chi connectivity index (χ3v) is 7.38. The molecule has 1 aliphatic heterocycles. The van der Waals surface area contributed by atoms with Gasteiger partial charge in [-0.15, -0.1) is 0 Å². The second-order valence-corrected chi connectivity index (χ2v) is 9.50. The van der Waals surface area contributed by atoms with E-state index in [0.717, 1.165) is 29.7 Å². The van der Waals surface area contributed by atoms with Gasteiger partial charge < -0.3 is 4.90 Å². The van der Waals surface area contributed by atoms with Crippen molar-refractivity contribution in [2.75, 3.05) is 11.4 Å². The van der Waals surface area contributed by atoms with Gasteiger partial charge in [-0.3, -0.25) is 4.79 Å². The minimum absolute atomic E-state index is 0.0199. The van der Waals surface area contributed by atoms with Crippen LogP contribution in [0.5, 0.6) is 0 Å². The summed E-state index contributed by atoms with van der Waals surface area (Å²) in [6, 6.07) is 11.0. The number of anilines is 1. The number of sulfonamides is 1. The lowest BCUT2D eigenvalue weighted by Crippen LogP contribution is -2.27. The van der Waals surface area contributed by atoms with Crippen LogP contribution in [0, 0.1) is 0 Å². The van der Waals surface area contributed by atoms with Gasteiger partial charge >= 0.3 is 0 Å². The zero-order valence-corrected chi connectivity index (χ0v) is 17.2. The lowest BCUT2D eigenvalue weighted by molar-refractivity contribution is -0.116. The topological polar surface area (TPSA) is 66.5 Å². The van der Waals surface area contributed by atoms with Gasteiger partial charge in [0.05, 0.1) is 4.90 Å². The third-order valence-electron chi connectivity index (χ3n) is 5.84. The Morgan fingerprint density at radius 1 is 1.00 bits per heavy atom. The first-order valence-electron chi connectivity index (χ1n) is 9.90. The van der Waals surface area contributed by atoms with Gasteiger partial charge in [0.15, 0.2) is 0 Å². The molecule has 6 heteroatoms. The number of nitrogens with zero attached hydrogens (tertiary/aromatic N) is 1. The Labute approximate surface area is 166 Å². The summed E-state index contributed by atoms with van der Waals surface area (Å²) in [5.41, 5.74) is 5.44. The van der Waals surface area contributed by atoms with Gasteiger partial charge in [0, 0.05) is 25.2 Å². The van der Waals surface area contributed by atoms with Crippen LogP contribution in [-0.4, -0.2) is 20.9 Å². The summed E-state index contributed by atoms with van der Waals surface area (Å²) in [7, 11) is -3.64. The molecular formula is C22H26N2O3S. The van der Waals surface area contributed by atoms with E-state index < -0.39 is 10.0 Å². The van der Waals surface area contributed by atoms with Crippen LogP contribution in [0.25, 0.3) is 0 Å². The summed E-state index contributed by atoms with van der Waals surface area (Å²) in [4.78, 5) is 13.6. The van der Waals surface area contributed by atoms with E-state index in [-0.39, 0.29) is 16.8 Å². The summed E-state index contributed by atoms with van der Waals surface area (Å²) < 4.78 is 28.7. The Morgan fingerprint density at radius 2 is 1.75 bits per heavy atom. The fraction of sp³-hybridized carbons (Fsp3) is 0.409. The molecule has 5 nitrogen and oxygen atoms in total. The van der Waals surface area contributed by atoms with Crippen molar-refractivity contribution in [2.24, 2.45) is 0 Å². The highest BCUT2D eigenvalue weighted by atomic mass is 32.2. The van der Waals surface area contributed by atoms with Crippen molar-refractivity contribution in [3.8, 4) is 0 Å². The lowest BCUT2D eigenvalue weighted by Gasteiger charge is -2.20. The van der Waals surface area contributed by atoms with Crippen LogP contribution in [0.2, 0.25) is 0 Å². The number of aryl methyl sites for hydroxylation is 2. The minimum Gasteiger partial charge on any atom is -0.312 e. The van der Waals surface area contributed by atoms with Crippen molar-refractivity contribution < 1.29 is 13.2 Å². The van der Waals surface area contributed by atoms with Crippen LogP contribution < -0.4 is 9.62 Å². The number of fused-ring (bicyclic) bond motifs is 2. The second-order valence-electron chi connectivity index (χ2n) is 7.79. The standard InChI is InChI=1S/C22H26N2O3S/c1-15(18-8-7-17-5-3-4-6-19(17)13-18)23-28(26,27)21-9-10-22-20(14-21)11-12-24(22)16(2)25/h7-10,13-15,23H,3-6,11-12H2,1-2H3/t15-/m1/s1. The van der Waals surface area contributed by atoms with E-state index in [1.54, 1.807) is 23.1 Å². The molecular weight excluding hydrogens is 372 g/mol. The van der Waals surface area contributed by atoms with Gasteiger partial charge in [-0.25, -0.2) is 13.1 Å². The van der Waals surface area contributed by atoms with Crippen LogP contribution in [0.4, 0.5) is 5.69 Å². The van der Waals surface area contributed by atoms with Gasteiger partial charge in [0.1, 0.15) is 0 Å². The molecule has 0 bridgehead atoms. The molecule has 1 atom stereocenters. The predicted octanol–water partition coefficient (Wildman–Crippen LogP) is 3.51. The van der Waals surface area contributed by atoms with E-state index in [1.165, 1.54) is 30.9 Å². The highest BCUT2D eigenvalue weighted by Crippen LogP contribution is 2.31. The fourth-order valence-electron chi connectivity index (χ4n) is 4.26. The van der Waals surface area contributed by atoms with Crippen molar-refractivity contribution in [3.05, 3.63) is 58.7 Å². The maximum Gasteiger partial charge on any atom is 0.241 e. The molecule has 4 rings (SSSR count). The molecule has 1 aliphatic carbocycles. The first-order valence-corrected chi connectivity index (χ1v) is 11.4. The molecule has 1 heterocycles. The minimum atomic E-state index is -3.64. The van der Waals surface area contributed by atoms with Crippen molar-refractivity contribution in [1.82, 2.24) is 4.72 Å². The molecule has 0 unspecified atom stereocenters. The van der Waals surface area contributed by atoms with Crippen LogP contribution >= 0.6 is 0 Å². The molecule has 148 valence electrons. The Hall–Kier alpha value is -2.18. The van der Waals surface area contributed by atoms with Crippen molar-refractivity contribution >= 4 is 21.6 Å². The molecule has 0 spiro atoms. The number of amides is 1. The first kappa shape index (κ1) is 19.2. The van der Waals surface area contributed by atoms with Crippen LogP contribution in [0.3, 0.4) is 0 Å². The van der Waals surface area contributed by atoms with Gasteiger partial charge in [0.25, 0.3) is 0 Å². The molecule has 2 aromatic carbocycles. The Kier molecular flexibility index (Phi) is 5.02. The summed E-state index contributed by atoms with van der Waals surface area (Å²) in [5, 5.41) is 0. The molecule has 0 radical (unpaired) electrons. The number of hydrogen-bond donors (Lipinski definition) is 1. The Balaban J connectivity index is 1.55. The highest BCUT2D eigenvalue weighted by Gasteiger charge is 2.26. The zero-order valence-electron chi connectivity index (χ0n) is 16.4. The quantitative estimate of drug-likeness (QED) is 0.857. The maximum absolute atomic E-state index is 12.9. The zero-order chi connectivity index (χ0) is 19.9. The average Bonchev–Trinajstić information content (AvgIpc) is 3.11. The molecule has 0 fully saturated rings. The van der Waals surface area contributed by atoms with E-state index in [9.17, 15) is 13.2 Å². The average molecular weight is 399 g/mol. The van der Waals surface area contributed by atoms with Gasteiger partial charge in [-0.2, -0.15) is 0 Å². The van der Waals surface area contributed by atoms with Gasteiger partial charge in [-0.05, 0) is 79.5 Å². The molecule has 2 aromatic rings. The van der Waals surface area contributed by atoms with Gasteiger partial charge in [0.2, 0.25) is 15.9 Å². The van der Waals surface area contributed by atoms with Crippen LogP contribution in [-0.2, 0) is 34.1 Å². The number of hydrogen-bond acceptors (Lipinski definition) is 3. The molecule has 0 saturated heterocycles. The number of rotatable bonds is 4. The van der Waals surface area contributed by atoms with Crippen LogP contribution in [0.1, 0.15) is 55.0 Å². The summed E-state index contributed by atoms with van der Waals surface area (Å²) in [6.07, 6.45) is 5.29. The number of benzene rings is 2. The summed E-state index contributed by atoms with van der Waals surface area (Å²) in [5.74, 6) is -0.0199. The Bertz CT molecular complexity index is 1030. The molecule has 1 N–H and O–H groups in total. The van der Waals surface area contributed by atoms with E-state index >= 15 is 0 Å². The molecule has 1 amide bonds. The molecule has 0 aromatic heterocycles. The van der Waals surface area contributed by atoms with E-state index in [2.05, 4.69) is 16.9 Å². The first-order chi connectivity index (χ1) is 13.3. The number of carbonyl (C=O) groups is 1. The predicted molar refractivity (Wildman–Crippen MR) is 110 cm³/mol. The van der Waals surface area contributed by atoms with Crippen LogP contribution in [0.15, 0.2) is 41.3 Å². The number of carbonyl (C=O) groups excluding carboxylic acids is 1. The smallest absolute Gasteiger partial charge is 0.241 e. The van der Waals surface area contributed by atoms with E-state index in [0.29, 0.717) is 13.0 Å². The number of nitrogens with one attached hydrogen (secondary N) is 1. The second kappa shape index (κ2) is 7.33. The van der Waals surface area contributed by atoms with Gasteiger partial charge in [-0.1, -0.05) is 18.2 Å². The summed E-state index contributed by atoms with van der Waals surface area (Å²) >= 11 is 0. The Morgan fingerprint density at radius 3 is 2.50 bits per heavy atom. The summed E-state index contributed by atoms with van der Waals surface area (Å²) in [6.45, 7) is 4.02. The largest absolute Gasteiger partial charge is 0.312 e. The maximum atomic E-state index is 12.9. The highest BCUT2D eigenvalue weighted by molar-refractivity contribution is 7.89. The van der Waals surface area contributed by atoms with Crippen molar-refractivity contribution in [1.29, 1.82) is 0 Å². The lowest BCUT2D eigenvalue weighted by atomic mass is 9.89. The SMILES string of the molecule is CC(=O)N1CCc2cc(S(=O)(=O)N[C@H](C)c3ccc4c(c3)CCCC4)ccc21. The normalized spacial score (nSPS) is 17.1. The van der Waals surface area contributed by atoms with Crippen molar-refractivity contribution in [2.45, 2.75) is 56.9 Å². The molecule has 0 saturated carbocycles. The van der Waals surface area contributed by atoms with Crippen molar-refractivity contribution in [3.63, 3.8) is 0 Å². The monoisotopic (exact) mass is 398 g/mol. The van der Waals surface area contributed by atoms with E-state index in [1.807, 2.05) is 13.0 Å². The molecule has 2 aliphatic rings. The fourth-order valence-corrected chi connectivity index (χ4v) is 5.55. The van der Waals surface area contributed by atoms with E-state index in [4.69, 9.17) is 0 Å². The third kappa shape index (κ3) is 3.59.